The van der Waals surface area contributed by atoms with Crippen molar-refractivity contribution < 1.29 is 19.8 Å². The number of aryl methyl sites for hydroxylation is 1. The Kier molecular flexibility index (Phi) is 4.82. The predicted molar refractivity (Wildman–Crippen MR) is 74.6 cm³/mol. The Labute approximate surface area is 115 Å². The highest BCUT2D eigenvalue weighted by Gasteiger charge is 2.16. The summed E-state index contributed by atoms with van der Waals surface area (Å²) in [6.07, 6.45) is 0. The SMILES string of the molecule is Cc1cc(C(N)=S)ccc1N(CC(=O)O)CC(=O)O. The minimum absolute atomic E-state index is 0.234. The average molecular weight is 282 g/mol. The van der Waals surface area contributed by atoms with Gasteiger partial charge < -0.3 is 20.8 Å². The molecule has 0 amide bonds. The number of hydrogen-bond donors (Lipinski definition) is 3. The summed E-state index contributed by atoms with van der Waals surface area (Å²) < 4.78 is 0. The van der Waals surface area contributed by atoms with E-state index in [1.54, 1.807) is 25.1 Å². The van der Waals surface area contributed by atoms with Crippen LogP contribution in [0.5, 0.6) is 0 Å². The average Bonchev–Trinajstić information content (AvgIpc) is 2.26. The maximum absolute atomic E-state index is 10.8. The molecule has 0 atom stereocenters. The van der Waals surface area contributed by atoms with Crippen LogP contribution in [0, 0.1) is 6.92 Å². The molecule has 0 aliphatic heterocycles. The molecule has 0 fully saturated rings. The first-order chi connectivity index (χ1) is 8.81. The zero-order valence-corrected chi connectivity index (χ0v) is 11.1. The van der Waals surface area contributed by atoms with Crippen LogP contribution in [0.25, 0.3) is 0 Å². The topological polar surface area (TPSA) is 104 Å². The van der Waals surface area contributed by atoms with Crippen LogP contribution in [0.1, 0.15) is 11.1 Å². The largest absolute Gasteiger partial charge is 0.480 e. The van der Waals surface area contributed by atoms with Crippen molar-refractivity contribution >= 4 is 34.8 Å². The van der Waals surface area contributed by atoms with Gasteiger partial charge in [0.1, 0.15) is 18.1 Å². The molecule has 7 heteroatoms. The van der Waals surface area contributed by atoms with Gasteiger partial charge in [0.25, 0.3) is 0 Å². The van der Waals surface area contributed by atoms with Gasteiger partial charge >= 0.3 is 11.9 Å². The van der Waals surface area contributed by atoms with Crippen LogP contribution >= 0.6 is 12.2 Å². The number of nitrogens with two attached hydrogens (primary N) is 1. The zero-order chi connectivity index (χ0) is 14.6. The van der Waals surface area contributed by atoms with Crippen LogP contribution in [-0.2, 0) is 9.59 Å². The summed E-state index contributed by atoms with van der Waals surface area (Å²) in [7, 11) is 0. The third kappa shape index (κ3) is 4.22. The van der Waals surface area contributed by atoms with Crippen LogP contribution in [0.2, 0.25) is 0 Å². The van der Waals surface area contributed by atoms with Crippen LogP contribution < -0.4 is 10.6 Å². The quantitative estimate of drug-likeness (QED) is 0.656. The molecule has 1 aromatic carbocycles. The molecular formula is C12H14N2O4S. The molecule has 0 saturated heterocycles. The van der Waals surface area contributed by atoms with Crippen molar-refractivity contribution in [3.63, 3.8) is 0 Å². The van der Waals surface area contributed by atoms with Gasteiger partial charge in [0.05, 0.1) is 0 Å². The van der Waals surface area contributed by atoms with Gasteiger partial charge in [-0.25, -0.2) is 0 Å². The smallest absolute Gasteiger partial charge is 0.323 e. The van der Waals surface area contributed by atoms with E-state index in [1.807, 2.05) is 0 Å². The van der Waals surface area contributed by atoms with Gasteiger partial charge in [-0.3, -0.25) is 9.59 Å². The number of aliphatic carboxylic acids is 2. The molecule has 19 heavy (non-hydrogen) atoms. The molecule has 0 aromatic heterocycles. The Morgan fingerprint density at radius 1 is 1.26 bits per heavy atom. The molecular weight excluding hydrogens is 268 g/mol. The fourth-order valence-electron chi connectivity index (χ4n) is 1.72. The van der Waals surface area contributed by atoms with E-state index in [0.29, 0.717) is 16.8 Å². The molecule has 0 heterocycles. The van der Waals surface area contributed by atoms with E-state index < -0.39 is 11.9 Å². The van der Waals surface area contributed by atoms with Crippen molar-refractivity contribution in [2.24, 2.45) is 5.73 Å². The first kappa shape index (κ1) is 14.9. The summed E-state index contributed by atoms with van der Waals surface area (Å²) in [5.41, 5.74) is 7.40. The van der Waals surface area contributed by atoms with Gasteiger partial charge in [-0.05, 0) is 30.7 Å². The Balaban J connectivity index is 3.11. The Bertz CT molecular complexity index is 514. The van der Waals surface area contributed by atoms with E-state index in [1.165, 1.54) is 4.90 Å². The second kappa shape index (κ2) is 6.14. The number of carboxylic acids is 2. The van der Waals surface area contributed by atoms with Crippen molar-refractivity contribution in [3.05, 3.63) is 29.3 Å². The number of anilines is 1. The molecule has 0 aliphatic rings. The Morgan fingerprint density at radius 3 is 2.16 bits per heavy atom. The Morgan fingerprint density at radius 2 is 1.79 bits per heavy atom. The summed E-state index contributed by atoms with van der Waals surface area (Å²) in [6.45, 7) is 0.965. The molecule has 0 saturated carbocycles. The van der Waals surface area contributed by atoms with E-state index in [-0.39, 0.29) is 18.1 Å². The fraction of sp³-hybridized carbons (Fsp3) is 0.250. The molecule has 0 radical (unpaired) electrons. The molecule has 4 N–H and O–H groups in total. The first-order valence-electron chi connectivity index (χ1n) is 5.40. The summed E-state index contributed by atoms with van der Waals surface area (Å²) >= 11 is 4.85. The minimum atomic E-state index is -1.10. The number of nitrogens with zero attached hydrogens (tertiary/aromatic N) is 1. The summed E-state index contributed by atoms with van der Waals surface area (Å²) in [5, 5.41) is 17.6. The lowest BCUT2D eigenvalue weighted by molar-refractivity contribution is -0.136. The third-order valence-electron chi connectivity index (χ3n) is 2.47. The molecule has 0 unspecified atom stereocenters. The van der Waals surface area contributed by atoms with Gasteiger partial charge in [-0.15, -0.1) is 0 Å². The van der Waals surface area contributed by atoms with Crippen molar-refractivity contribution in [2.45, 2.75) is 6.92 Å². The van der Waals surface area contributed by atoms with Gasteiger partial charge in [-0.1, -0.05) is 12.2 Å². The van der Waals surface area contributed by atoms with E-state index in [4.69, 9.17) is 28.2 Å². The van der Waals surface area contributed by atoms with Crippen molar-refractivity contribution in [1.29, 1.82) is 0 Å². The highest BCUT2D eigenvalue weighted by atomic mass is 32.1. The van der Waals surface area contributed by atoms with Crippen LogP contribution in [0.4, 0.5) is 5.69 Å². The van der Waals surface area contributed by atoms with Crippen molar-refractivity contribution in [2.75, 3.05) is 18.0 Å². The number of hydrogen-bond acceptors (Lipinski definition) is 4. The van der Waals surface area contributed by atoms with Crippen LogP contribution in [0.3, 0.4) is 0 Å². The monoisotopic (exact) mass is 282 g/mol. The van der Waals surface area contributed by atoms with Gasteiger partial charge in [0.2, 0.25) is 0 Å². The lowest BCUT2D eigenvalue weighted by Gasteiger charge is -2.23. The first-order valence-corrected chi connectivity index (χ1v) is 5.81. The predicted octanol–water partition coefficient (Wildman–Crippen LogP) is 0.605. The number of thiocarbonyl (C=S) groups is 1. The van der Waals surface area contributed by atoms with Crippen molar-refractivity contribution in [1.82, 2.24) is 0 Å². The molecule has 6 nitrogen and oxygen atoms in total. The second-order valence-corrected chi connectivity index (χ2v) is 4.45. The highest BCUT2D eigenvalue weighted by molar-refractivity contribution is 7.80. The fourth-order valence-corrected chi connectivity index (χ4v) is 1.84. The minimum Gasteiger partial charge on any atom is -0.480 e. The second-order valence-electron chi connectivity index (χ2n) is 4.01. The lowest BCUT2D eigenvalue weighted by atomic mass is 10.1. The van der Waals surface area contributed by atoms with Gasteiger partial charge in [0, 0.05) is 11.3 Å². The maximum atomic E-state index is 10.8. The molecule has 1 rings (SSSR count). The number of rotatable bonds is 6. The van der Waals surface area contributed by atoms with Crippen molar-refractivity contribution in [3.8, 4) is 0 Å². The summed E-state index contributed by atoms with van der Waals surface area (Å²) in [5.74, 6) is -2.20. The number of carbonyl (C=O) groups is 2. The lowest BCUT2D eigenvalue weighted by Crippen LogP contribution is -2.35. The van der Waals surface area contributed by atoms with E-state index in [9.17, 15) is 9.59 Å². The Hall–Kier alpha value is -2.15. The summed E-state index contributed by atoms with van der Waals surface area (Å²) in [4.78, 5) is 23.1. The number of benzene rings is 1. The van der Waals surface area contributed by atoms with E-state index >= 15 is 0 Å². The molecule has 0 spiro atoms. The normalized spacial score (nSPS) is 9.95. The van der Waals surface area contributed by atoms with E-state index in [0.717, 1.165) is 0 Å². The highest BCUT2D eigenvalue weighted by Crippen LogP contribution is 2.21. The van der Waals surface area contributed by atoms with Gasteiger partial charge in [0.15, 0.2) is 0 Å². The molecule has 0 aliphatic carbocycles. The molecule has 102 valence electrons. The number of carboxylic acid groups (broad SMARTS) is 2. The summed E-state index contributed by atoms with van der Waals surface area (Å²) in [6, 6.07) is 4.96. The standard InChI is InChI=1S/C12H14N2O4S/c1-7-4-8(12(13)19)2-3-9(7)14(5-10(15)16)6-11(17)18/h2-4H,5-6H2,1H3,(H2,13,19)(H,15,16)(H,17,18). The van der Waals surface area contributed by atoms with Crippen LogP contribution in [-0.4, -0.2) is 40.2 Å². The van der Waals surface area contributed by atoms with Crippen LogP contribution in [0.15, 0.2) is 18.2 Å². The third-order valence-corrected chi connectivity index (χ3v) is 2.71. The van der Waals surface area contributed by atoms with E-state index in [2.05, 4.69) is 0 Å². The van der Waals surface area contributed by atoms with Gasteiger partial charge in [-0.2, -0.15) is 0 Å². The molecule has 0 bridgehead atoms. The molecule has 1 aromatic rings. The maximum Gasteiger partial charge on any atom is 0.323 e. The zero-order valence-electron chi connectivity index (χ0n) is 10.3.